The van der Waals surface area contributed by atoms with Gasteiger partial charge in [0.15, 0.2) is 11.6 Å². The molecule has 2 rings (SSSR count). The lowest BCUT2D eigenvalue weighted by molar-refractivity contribution is 0.511. The number of hydrogen-bond donors (Lipinski definition) is 0. The average Bonchev–Trinajstić information content (AvgIpc) is 2.34. The molecule has 0 aromatic heterocycles. The third-order valence-electron chi connectivity index (χ3n) is 2.53. The molecule has 0 saturated heterocycles. The van der Waals surface area contributed by atoms with Gasteiger partial charge in [-0.25, -0.2) is 8.78 Å². The second kappa shape index (κ2) is 4.91. The van der Waals surface area contributed by atoms with E-state index in [0.717, 1.165) is 11.6 Å². The number of benzene rings is 2. The van der Waals surface area contributed by atoms with Crippen LogP contribution in [0.25, 0.3) is 17.2 Å². The smallest absolute Gasteiger partial charge is 0.166 e. The van der Waals surface area contributed by atoms with E-state index in [1.165, 1.54) is 6.07 Å². The van der Waals surface area contributed by atoms with Crippen LogP contribution in [0.15, 0.2) is 48.5 Å². The lowest BCUT2D eigenvalue weighted by atomic mass is 10.0. The molecule has 2 heteroatoms. The van der Waals surface area contributed by atoms with Gasteiger partial charge in [0, 0.05) is 5.56 Å². The summed E-state index contributed by atoms with van der Waals surface area (Å²) in [6.07, 6.45) is 3.88. The van der Waals surface area contributed by atoms with E-state index >= 15 is 0 Å². The summed E-state index contributed by atoms with van der Waals surface area (Å²) >= 11 is 0. The van der Waals surface area contributed by atoms with Crippen LogP contribution in [-0.4, -0.2) is 0 Å². The van der Waals surface area contributed by atoms with Crippen molar-refractivity contribution in [2.24, 2.45) is 0 Å². The minimum absolute atomic E-state index is 0.289. The molecule has 0 bridgehead atoms. The summed E-state index contributed by atoms with van der Waals surface area (Å²) < 4.78 is 26.6. The minimum atomic E-state index is -0.819. The maximum atomic E-state index is 13.5. The third-order valence-corrected chi connectivity index (χ3v) is 2.53. The molecule has 2 aromatic rings. The third kappa shape index (κ3) is 2.41. The molecule has 0 saturated carbocycles. The summed E-state index contributed by atoms with van der Waals surface area (Å²) in [4.78, 5) is 0. The molecule has 0 fully saturated rings. The Kier molecular flexibility index (Phi) is 3.33. The highest BCUT2D eigenvalue weighted by molar-refractivity contribution is 5.66. The van der Waals surface area contributed by atoms with Gasteiger partial charge in [-0.2, -0.15) is 0 Å². The molecule has 0 aliphatic heterocycles. The van der Waals surface area contributed by atoms with Gasteiger partial charge in [-0.05, 0) is 24.1 Å². The molecule has 2 aromatic carbocycles. The summed E-state index contributed by atoms with van der Waals surface area (Å²) in [5, 5.41) is 0. The topological polar surface area (TPSA) is 0 Å². The average molecular weight is 230 g/mol. The van der Waals surface area contributed by atoms with E-state index in [1.54, 1.807) is 18.2 Å². The Balaban J connectivity index is 2.43. The SMILES string of the molecule is CC=Cc1ccc(-c2cccc(F)c2F)cc1. The molecule has 17 heavy (non-hydrogen) atoms. The fraction of sp³-hybridized carbons (Fsp3) is 0.0667. The highest BCUT2D eigenvalue weighted by atomic mass is 19.2. The van der Waals surface area contributed by atoms with E-state index in [2.05, 4.69) is 0 Å². The van der Waals surface area contributed by atoms with Crippen molar-refractivity contribution >= 4 is 6.08 Å². The molecule has 0 nitrogen and oxygen atoms in total. The fourth-order valence-electron chi connectivity index (χ4n) is 1.69. The largest absolute Gasteiger partial charge is 0.204 e. The van der Waals surface area contributed by atoms with Crippen molar-refractivity contribution in [3.8, 4) is 11.1 Å². The molecule has 86 valence electrons. The first-order valence-corrected chi connectivity index (χ1v) is 5.39. The van der Waals surface area contributed by atoms with Crippen LogP contribution in [-0.2, 0) is 0 Å². The molecular weight excluding hydrogens is 218 g/mol. The highest BCUT2D eigenvalue weighted by Crippen LogP contribution is 2.24. The van der Waals surface area contributed by atoms with Crippen LogP contribution >= 0.6 is 0 Å². The zero-order valence-corrected chi connectivity index (χ0v) is 9.45. The van der Waals surface area contributed by atoms with E-state index in [4.69, 9.17) is 0 Å². The fourth-order valence-corrected chi connectivity index (χ4v) is 1.69. The van der Waals surface area contributed by atoms with Crippen molar-refractivity contribution in [3.63, 3.8) is 0 Å². The first-order chi connectivity index (χ1) is 8.22. The first kappa shape index (κ1) is 11.5. The van der Waals surface area contributed by atoms with Crippen LogP contribution in [0, 0.1) is 11.6 Å². The molecule has 0 spiro atoms. The standard InChI is InChI=1S/C15H12F2/c1-2-4-11-7-9-12(10-8-11)13-5-3-6-14(16)15(13)17/h2-10H,1H3. The van der Waals surface area contributed by atoms with E-state index in [1.807, 2.05) is 31.2 Å². The van der Waals surface area contributed by atoms with E-state index in [9.17, 15) is 8.78 Å². The molecule has 0 aliphatic rings. The van der Waals surface area contributed by atoms with Crippen molar-refractivity contribution < 1.29 is 8.78 Å². The van der Waals surface area contributed by atoms with Gasteiger partial charge in [0.2, 0.25) is 0 Å². The molecule has 0 amide bonds. The van der Waals surface area contributed by atoms with Gasteiger partial charge >= 0.3 is 0 Å². The van der Waals surface area contributed by atoms with Crippen LogP contribution in [0.3, 0.4) is 0 Å². The normalized spacial score (nSPS) is 11.0. The number of rotatable bonds is 2. The van der Waals surface area contributed by atoms with Gasteiger partial charge in [0.1, 0.15) is 0 Å². The Morgan fingerprint density at radius 2 is 1.65 bits per heavy atom. The summed E-state index contributed by atoms with van der Waals surface area (Å²) in [7, 11) is 0. The van der Waals surface area contributed by atoms with Crippen LogP contribution in [0.2, 0.25) is 0 Å². The van der Waals surface area contributed by atoms with Crippen molar-refractivity contribution in [2.75, 3.05) is 0 Å². The van der Waals surface area contributed by atoms with Crippen molar-refractivity contribution in [1.29, 1.82) is 0 Å². The Labute approximate surface area is 99.2 Å². The summed E-state index contributed by atoms with van der Waals surface area (Å²) in [6.45, 7) is 1.93. The van der Waals surface area contributed by atoms with E-state index in [-0.39, 0.29) is 5.56 Å². The molecule has 0 radical (unpaired) electrons. The lowest BCUT2D eigenvalue weighted by Crippen LogP contribution is -1.88. The Hall–Kier alpha value is -1.96. The molecule has 0 heterocycles. The molecule has 0 atom stereocenters. The molecule has 0 aliphatic carbocycles. The lowest BCUT2D eigenvalue weighted by Gasteiger charge is -2.04. The van der Waals surface area contributed by atoms with Gasteiger partial charge in [0.25, 0.3) is 0 Å². The second-order valence-corrected chi connectivity index (χ2v) is 3.72. The van der Waals surface area contributed by atoms with Crippen LogP contribution in [0.1, 0.15) is 12.5 Å². The highest BCUT2D eigenvalue weighted by Gasteiger charge is 2.08. The Morgan fingerprint density at radius 1 is 0.941 bits per heavy atom. The van der Waals surface area contributed by atoms with Crippen LogP contribution in [0.4, 0.5) is 8.78 Å². The summed E-state index contributed by atoms with van der Waals surface area (Å²) in [6, 6.07) is 11.5. The predicted octanol–water partition coefficient (Wildman–Crippen LogP) is 4.66. The molecule has 0 unspecified atom stereocenters. The van der Waals surface area contributed by atoms with E-state index in [0.29, 0.717) is 5.56 Å². The Morgan fingerprint density at radius 3 is 2.29 bits per heavy atom. The Bertz CT molecular complexity index is 539. The monoisotopic (exact) mass is 230 g/mol. The minimum Gasteiger partial charge on any atom is -0.204 e. The quantitative estimate of drug-likeness (QED) is 0.703. The zero-order chi connectivity index (χ0) is 12.3. The number of allylic oxidation sites excluding steroid dienone is 1. The zero-order valence-electron chi connectivity index (χ0n) is 9.45. The number of hydrogen-bond acceptors (Lipinski definition) is 0. The van der Waals surface area contributed by atoms with Gasteiger partial charge in [-0.1, -0.05) is 48.6 Å². The van der Waals surface area contributed by atoms with Gasteiger partial charge in [-0.15, -0.1) is 0 Å². The predicted molar refractivity (Wildman–Crippen MR) is 66.5 cm³/mol. The summed E-state index contributed by atoms with van der Waals surface area (Å²) in [5.74, 6) is -1.62. The van der Waals surface area contributed by atoms with Crippen molar-refractivity contribution in [2.45, 2.75) is 6.92 Å². The maximum absolute atomic E-state index is 13.5. The van der Waals surface area contributed by atoms with Crippen LogP contribution < -0.4 is 0 Å². The van der Waals surface area contributed by atoms with Crippen molar-refractivity contribution in [3.05, 3.63) is 65.7 Å². The first-order valence-electron chi connectivity index (χ1n) is 5.39. The molecule has 0 N–H and O–H groups in total. The maximum Gasteiger partial charge on any atom is 0.166 e. The van der Waals surface area contributed by atoms with Gasteiger partial charge in [-0.3, -0.25) is 0 Å². The van der Waals surface area contributed by atoms with E-state index < -0.39 is 11.6 Å². The van der Waals surface area contributed by atoms with Gasteiger partial charge < -0.3 is 0 Å². The molecular formula is C15H12F2. The van der Waals surface area contributed by atoms with Crippen LogP contribution in [0.5, 0.6) is 0 Å². The van der Waals surface area contributed by atoms with Crippen molar-refractivity contribution in [1.82, 2.24) is 0 Å². The second-order valence-electron chi connectivity index (χ2n) is 3.72. The van der Waals surface area contributed by atoms with Gasteiger partial charge in [0.05, 0.1) is 0 Å². The number of halogens is 2. The summed E-state index contributed by atoms with van der Waals surface area (Å²) in [5.41, 5.74) is 2.00.